The van der Waals surface area contributed by atoms with Crippen LogP contribution in [0.4, 0.5) is 0 Å². The average molecular weight is 290 g/mol. The summed E-state index contributed by atoms with van der Waals surface area (Å²) in [7, 11) is 0. The molecule has 6 heteroatoms. The summed E-state index contributed by atoms with van der Waals surface area (Å²) in [5.74, 6) is 0.705. The minimum Gasteiger partial charge on any atom is -0.351 e. The number of carbonyl (C=O) groups excluding carboxylic acids is 1. The van der Waals surface area contributed by atoms with Crippen molar-refractivity contribution in [3.63, 3.8) is 0 Å². The molecular weight excluding hydrogens is 270 g/mol. The molecule has 102 valence electrons. The van der Waals surface area contributed by atoms with E-state index in [1.54, 1.807) is 11.3 Å². The van der Waals surface area contributed by atoms with Gasteiger partial charge in [-0.05, 0) is 26.3 Å². The predicted molar refractivity (Wildman–Crippen MR) is 76.2 cm³/mol. The Morgan fingerprint density at radius 2 is 2.22 bits per heavy atom. The first kappa shape index (κ1) is 15.4. The Morgan fingerprint density at radius 3 is 2.72 bits per heavy atom. The normalized spacial score (nSPS) is 22.6. The highest BCUT2D eigenvalue weighted by Crippen LogP contribution is 2.18. The smallest absolute Gasteiger partial charge is 0.225 e. The SMILES string of the molecule is Cc1nc(C)c(CNC(=O)[C@@H]2CNC[C@H]2C)s1.Cl. The van der Waals surface area contributed by atoms with Crippen molar-refractivity contribution in [2.75, 3.05) is 13.1 Å². The standard InChI is InChI=1S/C12H19N3OS.ClH/c1-7-4-13-5-10(7)12(16)14-6-11-8(2)15-9(3)17-11;/h7,10,13H,4-6H2,1-3H3,(H,14,16);1H/t7-,10-;/m1./s1. The zero-order valence-electron chi connectivity index (χ0n) is 10.9. The molecule has 1 aromatic heterocycles. The van der Waals surface area contributed by atoms with E-state index in [9.17, 15) is 4.79 Å². The summed E-state index contributed by atoms with van der Waals surface area (Å²) in [6, 6.07) is 0. The lowest BCUT2D eigenvalue weighted by Gasteiger charge is -2.13. The van der Waals surface area contributed by atoms with Gasteiger partial charge in [-0.3, -0.25) is 4.79 Å². The van der Waals surface area contributed by atoms with Gasteiger partial charge in [0.1, 0.15) is 0 Å². The minimum absolute atomic E-state index is 0. The Balaban J connectivity index is 0.00000162. The van der Waals surface area contributed by atoms with Crippen LogP contribution in [0.5, 0.6) is 0 Å². The van der Waals surface area contributed by atoms with E-state index in [2.05, 4.69) is 22.5 Å². The number of carbonyl (C=O) groups is 1. The molecule has 0 saturated carbocycles. The largest absolute Gasteiger partial charge is 0.351 e. The first-order valence-corrected chi connectivity index (χ1v) is 6.81. The van der Waals surface area contributed by atoms with Gasteiger partial charge in [0.15, 0.2) is 0 Å². The minimum atomic E-state index is 0. The van der Waals surface area contributed by atoms with Gasteiger partial charge in [-0.15, -0.1) is 23.7 Å². The lowest BCUT2D eigenvalue weighted by atomic mass is 9.97. The third kappa shape index (κ3) is 3.43. The van der Waals surface area contributed by atoms with E-state index in [1.807, 2.05) is 13.8 Å². The summed E-state index contributed by atoms with van der Waals surface area (Å²) in [6.07, 6.45) is 0. The molecule has 0 spiro atoms. The number of aryl methyl sites for hydroxylation is 2. The van der Waals surface area contributed by atoms with Gasteiger partial charge in [0.05, 0.1) is 23.2 Å². The van der Waals surface area contributed by atoms with E-state index in [1.165, 1.54) is 0 Å². The molecule has 0 aliphatic carbocycles. The average Bonchev–Trinajstić information content (AvgIpc) is 2.81. The highest BCUT2D eigenvalue weighted by Gasteiger charge is 2.29. The molecule has 0 bridgehead atoms. The molecule has 1 fully saturated rings. The van der Waals surface area contributed by atoms with Crippen LogP contribution in [0.3, 0.4) is 0 Å². The number of halogens is 1. The Kier molecular flexibility index (Phi) is 5.56. The van der Waals surface area contributed by atoms with Crippen LogP contribution < -0.4 is 10.6 Å². The van der Waals surface area contributed by atoms with E-state index >= 15 is 0 Å². The fourth-order valence-corrected chi connectivity index (χ4v) is 3.07. The summed E-state index contributed by atoms with van der Waals surface area (Å²) in [5.41, 5.74) is 1.03. The number of hydrogen-bond donors (Lipinski definition) is 2. The number of aromatic nitrogens is 1. The van der Waals surface area contributed by atoms with Gasteiger partial charge < -0.3 is 10.6 Å². The van der Waals surface area contributed by atoms with Crippen molar-refractivity contribution in [2.45, 2.75) is 27.3 Å². The van der Waals surface area contributed by atoms with Crippen LogP contribution in [0.15, 0.2) is 0 Å². The van der Waals surface area contributed by atoms with Gasteiger partial charge in [0.25, 0.3) is 0 Å². The first-order valence-electron chi connectivity index (χ1n) is 5.99. The van der Waals surface area contributed by atoms with E-state index in [0.717, 1.165) is 28.7 Å². The van der Waals surface area contributed by atoms with Crippen molar-refractivity contribution in [1.82, 2.24) is 15.6 Å². The van der Waals surface area contributed by atoms with Gasteiger partial charge in [-0.2, -0.15) is 0 Å². The van der Waals surface area contributed by atoms with Crippen molar-refractivity contribution in [2.24, 2.45) is 11.8 Å². The summed E-state index contributed by atoms with van der Waals surface area (Å²) in [4.78, 5) is 17.5. The van der Waals surface area contributed by atoms with Gasteiger partial charge in [0, 0.05) is 11.4 Å². The third-order valence-electron chi connectivity index (χ3n) is 3.28. The Labute approximate surface area is 118 Å². The molecule has 2 atom stereocenters. The van der Waals surface area contributed by atoms with Crippen molar-refractivity contribution in [3.05, 3.63) is 15.6 Å². The number of thiazole rings is 1. The number of nitrogens with one attached hydrogen (secondary N) is 2. The number of amides is 1. The van der Waals surface area contributed by atoms with Crippen LogP contribution in [0.1, 0.15) is 22.5 Å². The van der Waals surface area contributed by atoms with E-state index in [-0.39, 0.29) is 24.2 Å². The van der Waals surface area contributed by atoms with Crippen molar-refractivity contribution in [3.8, 4) is 0 Å². The summed E-state index contributed by atoms with van der Waals surface area (Å²) in [5, 5.41) is 7.32. The van der Waals surface area contributed by atoms with E-state index in [4.69, 9.17) is 0 Å². The van der Waals surface area contributed by atoms with E-state index < -0.39 is 0 Å². The Hall–Kier alpha value is -0.650. The molecule has 1 aliphatic heterocycles. The number of hydrogen-bond acceptors (Lipinski definition) is 4. The molecule has 1 saturated heterocycles. The maximum Gasteiger partial charge on any atom is 0.225 e. The summed E-state index contributed by atoms with van der Waals surface area (Å²) >= 11 is 1.66. The van der Waals surface area contributed by atoms with Gasteiger partial charge in [-0.25, -0.2) is 4.98 Å². The molecule has 2 heterocycles. The second-order valence-electron chi connectivity index (χ2n) is 4.70. The van der Waals surface area contributed by atoms with Crippen LogP contribution in [0, 0.1) is 25.7 Å². The lowest BCUT2D eigenvalue weighted by Crippen LogP contribution is -2.33. The summed E-state index contributed by atoms with van der Waals surface area (Å²) < 4.78 is 0. The molecule has 1 amide bonds. The van der Waals surface area contributed by atoms with Crippen LogP contribution in [-0.4, -0.2) is 24.0 Å². The third-order valence-corrected chi connectivity index (χ3v) is 4.35. The monoisotopic (exact) mass is 289 g/mol. The van der Waals surface area contributed by atoms with Gasteiger partial charge >= 0.3 is 0 Å². The topological polar surface area (TPSA) is 54.0 Å². The van der Waals surface area contributed by atoms with Crippen molar-refractivity contribution in [1.29, 1.82) is 0 Å². The zero-order chi connectivity index (χ0) is 12.4. The van der Waals surface area contributed by atoms with Crippen LogP contribution in [0.25, 0.3) is 0 Å². The second-order valence-corrected chi connectivity index (χ2v) is 5.99. The fraction of sp³-hybridized carbons (Fsp3) is 0.667. The molecule has 0 aromatic carbocycles. The quantitative estimate of drug-likeness (QED) is 0.890. The maximum absolute atomic E-state index is 12.0. The van der Waals surface area contributed by atoms with Gasteiger partial charge in [0.2, 0.25) is 5.91 Å². The maximum atomic E-state index is 12.0. The predicted octanol–water partition coefficient (Wildman–Crippen LogP) is 1.65. The Bertz CT molecular complexity index is 421. The number of nitrogens with zero attached hydrogens (tertiary/aromatic N) is 1. The van der Waals surface area contributed by atoms with Crippen LogP contribution in [0.2, 0.25) is 0 Å². The molecule has 0 radical (unpaired) electrons. The van der Waals surface area contributed by atoms with Crippen LogP contribution in [-0.2, 0) is 11.3 Å². The van der Waals surface area contributed by atoms with Crippen molar-refractivity contribution >= 4 is 29.7 Å². The molecule has 18 heavy (non-hydrogen) atoms. The fourth-order valence-electron chi connectivity index (χ4n) is 2.20. The molecule has 1 aliphatic rings. The van der Waals surface area contributed by atoms with Crippen molar-refractivity contribution < 1.29 is 4.79 Å². The molecule has 0 unspecified atom stereocenters. The first-order chi connectivity index (χ1) is 8.08. The lowest BCUT2D eigenvalue weighted by molar-refractivity contribution is -0.125. The molecule has 4 nitrogen and oxygen atoms in total. The summed E-state index contributed by atoms with van der Waals surface area (Å²) in [6.45, 7) is 8.45. The highest BCUT2D eigenvalue weighted by molar-refractivity contribution is 7.11. The molecule has 1 aromatic rings. The molecule has 2 rings (SSSR count). The second kappa shape index (κ2) is 6.50. The Morgan fingerprint density at radius 1 is 1.50 bits per heavy atom. The van der Waals surface area contributed by atoms with Crippen LogP contribution >= 0.6 is 23.7 Å². The molecular formula is C12H20ClN3OS. The zero-order valence-corrected chi connectivity index (χ0v) is 12.6. The highest BCUT2D eigenvalue weighted by atomic mass is 35.5. The van der Waals surface area contributed by atoms with Gasteiger partial charge in [-0.1, -0.05) is 6.92 Å². The molecule has 2 N–H and O–H groups in total. The number of rotatable bonds is 3. The van der Waals surface area contributed by atoms with E-state index in [0.29, 0.717) is 12.5 Å².